The first-order valence-corrected chi connectivity index (χ1v) is 7.33. The predicted molar refractivity (Wildman–Crippen MR) is 81.4 cm³/mol. The Morgan fingerprint density at radius 2 is 1.88 bits per heavy atom. The van der Waals surface area contributed by atoms with Crippen molar-refractivity contribution < 1.29 is 0 Å². The molecule has 17 heavy (non-hydrogen) atoms. The summed E-state index contributed by atoms with van der Waals surface area (Å²) in [6.45, 7) is 6.66. The Hall–Kier alpha value is -0.630. The zero-order chi connectivity index (χ0) is 12.5. The van der Waals surface area contributed by atoms with Gasteiger partial charge in [0, 0.05) is 18.8 Å². The summed E-state index contributed by atoms with van der Waals surface area (Å²) in [5.74, 6) is 1.02. The Morgan fingerprint density at radius 1 is 1.12 bits per heavy atom. The van der Waals surface area contributed by atoms with Crippen molar-refractivity contribution in [1.29, 1.82) is 0 Å². The second-order valence-corrected chi connectivity index (χ2v) is 5.00. The molecule has 0 atom stereocenters. The van der Waals surface area contributed by atoms with Crippen molar-refractivity contribution in [3.63, 3.8) is 0 Å². The van der Waals surface area contributed by atoms with Crippen LogP contribution >= 0.6 is 12.6 Å². The number of hydrogen-bond acceptors (Lipinski definition) is 2. The lowest BCUT2D eigenvalue weighted by molar-refractivity contribution is 0.652. The molecule has 0 fully saturated rings. The van der Waals surface area contributed by atoms with Crippen molar-refractivity contribution in [3.05, 3.63) is 29.8 Å². The Bertz CT molecular complexity index is 312. The SMILES string of the molecule is CCN(CCCCCCS)c1cccc(C)c1. The first-order valence-electron chi connectivity index (χ1n) is 6.70. The minimum absolute atomic E-state index is 1.02. The average molecular weight is 251 g/mol. The maximum Gasteiger partial charge on any atom is 0.0368 e. The number of hydrogen-bond donors (Lipinski definition) is 1. The van der Waals surface area contributed by atoms with Gasteiger partial charge in [0.1, 0.15) is 0 Å². The van der Waals surface area contributed by atoms with Gasteiger partial charge in [-0.3, -0.25) is 0 Å². The summed E-state index contributed by atoms with van der Waals surface area (Å²) in [6, 6.07) is 8.79. The van der Waals surface area contributed by atoms with Crippen molar-refractivity contribution in [1.82, 2.24) is 0 Å². The van der Waals surface area contributed by atoms with Gasteiger partial charge in [0.25, 0.3) is 0 Å². The maximum atomic E-state index is 4.24. The van der Waals surface area contributed by atoms with Gasteiger partial charge < -0.3 is 4.90 Å². The Kier molecular flexibility index (Phi) is 7.18. The van der Waals surface area contributed by atoms with Crippen molar-refractivity contribution in [3.8, 4) is 0 Å². The van der Waals surface area contributed by atoms with E-state index in [-0.39, 0.29) is 0 Å². The fraction of sp³-hybridized carbons (Fsp3) is 0.600. The molecule has 0 saturated heterocycles. The van der Waals surface area contributed by atoms with Crippen molar-refractivity contribution in [2.75, 3.05) is 23.7 Å². The van der Waals surface area contributed by atoms with Gasteiger partial charge in [-0.2, -0.15) is 12.6 Å². The van der Waals surface area contributed by atoms with Crippen LogP contribution in [0.25, 0.3) is 0 Å². The topological polar surface area (TPSA) is 3.24 Å². The van der Waals surface area contributed by atoms with Gasteiger partial charge in [-0.1, -0.05) is 25.0 Å². The molecular formula is C15H25NS. The molecule has 0 saturated carbocycles. The lowest BCUT2D eigenvalue weighted by Crippen LogP contribution is -2.23. The minimum Gasteiger partial charge on any atom is -0.372 e. The molecule has 0 aliphatic heterocycles. The summed E-state index contributed by atoms with van der Waals surface area (Å²) < 4.78 is 0. The lowest BCUT2D eigenvalue weighted by atomic mass is 10.1. The van der Waals surface area contributed by atoms with Gasteiger partial charge in [-0.15, -0.1) is 0 Å². The molecule has 0 spiro atoms. The van der Waals surface area contributed by atoms with Gasteiger partial charge in [-0.05, 0) is 50.1 Å². The molecule has 0 N–H and O–H groups in total. The third-order valence-electron chi connectivity index (χ3n) is 3.08. The number of aryl methyl sites for hydroxylation is 1. The maximum absolute atomic E-state index is 4.24. The molecule has 0 bridgehead atoms. The molecule has 1 nitrogen and oxygen atoms in total. The van der Waals surface area contributed by atoms with Crippen LogP contribution in [0.1, 0.15) is 38.2 Å². The van der Waals surface area contributed by atoms with E-state index in [1.165, 1.54) is 43.5 Å². The van der Waals surface area contributed by atoms with E-state index in [0.29, 0.717) is 0 Å². The number of anilines is 1. The first kappa shape index (κ1) is 14.4. The predicted octanol–water partition coefficient (Wildman–Crippen LogP) is 4.31. The number of nitrogens with zero attached hydrogens (tertiary/aromatic N) is 1. The smallest absolute Gasteiger partial charge is 0.0368 e. The molecule has 2 heteroatoms. The molecule has 0 aromatic heterocycles. The molecule has 1 aromatic rings. The van der Waals surface area contributed by atoms with Crippen LogP contribution in [0.3, 0.4) is 0 Å². The second kappa shape index (κ2) is 8.46. The molecule has 0 radical (unpaired) electrons. The molecule has 0 unspecified atom stereocenters. The Balaban J connectivity index is 2.38. The summed E-state index contributed by atoms with van der Waals surface area (Å²) in [4.78, 5) is 2.47. The van der Waals surface area contributed by atoms with Crippen molar-refractivity contribution in [2.45, 2.75) is 39.5 Å². The van der Waals surface area contributed by atoms with Crippen LogP contribution in [0.4, 0.5) is 5.69 Å². The fourth-order valence-electron chi connectivity index (χ4n) is 2.06. The summed E-state index contributed by atoms with van der Waals surface area (Å²) in [5.41, 5.74) is 2.71. The summed E-state index contributed by atoms with van der Waals surface area (Å²) in [6.07, 6.45) is 5.17. The van der Waals surface area contributed by atoms with E-state index < -0.39 is 0 Å². The number of thiol groups is 1. The van der Waals surface area contributed by atoms with E-state index in [1.807, 2.05) is 0 Å². The molecular weight excluding hydrogens is 226 g/mol. The van der Waals surface area contributed by atoms with Crippen molar-refractivity contribution >= 4 is 18.3 Å². The van der Waals surface area contributed by atoms with Crippen LogP contribution < -0.4 is 4.90 Å². The molecule has 0 aliphatic rings. The highest BCUT2D eigenvalue weighted by Gasteiger charge is 2.03. The molecule has 0 amide bonds. The third kappa shape index (κ3) is 5.49. The van der Waals surface area contributed by atoms with E-state index in [4.69, 9.17) is 0 Å². The van der Waals surface area contributed by atoms with Crippen LogP contribution in [0.5, 0.6) is 0 Å². The van der Waals surface area contributed by atoms with Crippen LogP contribution in [-0.4, -0.2) is 18.8 Å². The van der Waals surface area contributed by atoms with Gasteiger partial charge >= 0.3 is 0 Å². The number of rotatable bonds is 8. The van der Waals surface area contributed by atoms with Crippen LogP contribution in [0, 0.1) is 6.92 Å². The second-order valence-electron chi connectivity index (χ2n) is 4.56. The molecule has 96 valence electrons. The highest BCUT2D eigenvalue weighted by atomic mass is 32.1. The highest BCUT2D eigenvalue weighted by molar-refractivity contribution is 7.80. The average Bonchev–Trinajstić information content (AvgIpc) is 2.34. The largest absolute Gasteiger partial charge is 0.372 e. The van der Waals surface area contributed by atoms with Crippen LogP contribution in [0.15, 0.2) is 24.3 Å². The van der Waals surface area contributed by atoms with Crippen LogP contribution in [-0.2, 0) is 0 Å². The van der Waals surface area contributed by atoms with E-state index in [9.17, 15) is 0 Å². The van der Waals surface area contributed by atoms with E-state index in [2.05, 4.69) is 55.6 Å². The number of benzene rings is 1. The zero-order valence-electron chi connectivity index (χ0n) is 11.2. The third-order valence-corrected chi connectivity index (χ3v) is 3.40. The zero-order valence-corrected chi connectivity index (χ0v) is 12.0. The summed E-state index contributed by atoms with van der Waals surface area (Å²) >= 11 is 4.24. The molecule has 0 heterocycles. The molecule has 1 aromatic carbocycles. The van der Waals surface area contributed by atoms with Gasteiger partial charge in [-0.25, -0.2) is 0 Å². The quantitative estimate of drug-likeness (QED) is 0.532. The van der Waals surface area contributed by atoms with E-state index in [0.717, 1.165) is 12.3 Å². The first-order chi connectivity index (χ1) is 8.27. The van der Waals surface area contributed by atoms with Gasteiger partial charge in [0.15, 0.2) is 0 Å². The minimum atomic E-state index is 1.02. The normalized spacial score (nSPS) is 10.5. The molecule has 0 aliphatic carbocycles. The highest BCUT2D eigenvalue weighted by Crippen LogP contribution is 2.16. The van der Waals surface area contributed by atoms with Gasteiger partial charge in [0.2, 0.25) is 0 Å². The van der Waals surface area contributed by atoms with E-state index >= 15 is 0 Å². The lowest BCUT2D eigenvalue weighted by Gasteiger charge is -2.23. The summed E-state index contributed by atoms with van der Waals surface area (Å²) in [5, 5.41) is 0. The fourth-order valence-corrected chi connectivity index (χ4v) is 2.29. The summed E-state index contributed by atoms with van der Waals surface area (Å²) in [7, 11) is 0. The Morgan fingerprint density at radius 3 is 2.53 bits per heavy atom. The monoisotopic (exact) mass is 251 g/mol. The standard InChI is InChI=1S/C15H25NS/c1-3-16(11-6-4-5-7-12-17)15-10-8-9-14(2)13-15/h8-10,13,17H,3-7,11-12H2,1-2H3. The van der Waals surface area contributed by atoms with Crippen molar-refractivity contribution in [2.24, 2.45) is 0 Å². The van der Waals surface area contributed by atoms with Crippen LogP contribution in [0.2, 0.25) is 0 Å². The van der Waals surface area contributed by atoms with E-state index in [1.54, 1.807) is 0 Å². The Labute approximate surface area is 112 Å². The number of unbranched alkanes of at least 4 members (excludes halogenated alkanes) is 3. The van der Waals surface area contributed by atoms with Gasteiger partial charge in [0.05, 0.1) is 0 Å². The molecule has 1 rings (SSSR count).